The molecule has 3 aromatic heterocycles. The Hall–Kier alpha value is -2.89. The zero-order valence-electron chi connectivity index (χ0n) is 17.3. The number of pyridine rings is 2. The number of nitrogens with one attached hydrogen (secondary N) is 1. The van der Waals surface area contributed by atoms with E-state index in [0.717, 1.165) is 6.07 Å². The third-order valence-corrected chi connectivity index (χ3v) is 6.04. The Balaban J connectivity index is 1.91. The number of hydrogen-bond donors (Lipinski definition) is 1. The summed E-state index contributed by atoms with van der Waals surface area (Å²) in [6.45, 7) is 2.70. The van der Waals surface area contributed by atoms with Crippen molar-refractivity contribution in [1.29, 1.82) is 0 Å². The molecule has 31 heavy (non-hydrogen) atoms. The van der Waals surface area contributed by atoms with Crippen LogP contribution in [0.2, 0.25) is 0 Å². The van der Waals surface area contributed by atoms with Crippen molar-refractivity contribution in [3.05, 3.63) is 45.4 Å². The second-order valence-electron chi connectivity index (χ2n) is 7.02. The summed E-state index contributed by atoms with van der Waals surface area (Å²) >= 11 is 1.30. The first-order valence-corrected chi connectivity index (χ1v) is 10.6. The molecule has 0 unspecified atom stereocenters. The van der Waals surface area contributed by atoms with Crippen LogP contribution >= 0.6 is 11.3 Å². The topological polar surface area (TPSA) is 98.6 Å². The molecule has 0 aromatic carbocycles. The fourth-order valence-corrected chi connectivity index (χ4v) is 4.35. The van der Waals surface area contributed by atoms with Crippen LogP contribution < -0.4 is 15.6 Å². The molecule has 1 fully saturated rings. The first-order valence-electron chi connectivity index (χ1n) is 9.76. The van der Waals surface area contributed by atoms with Crippen molar-refractivity contribution in [2.24, 2.45) is 0 Å². The van der Waals surface area contributed by atoms with Gasteiger partial charge in [-0.2, -0.15) is 0 Å². The SMILES string of the molecule is CCOC(=O)c1cn(-c2nccs2)c2nc(N3C[C@H](NC)[C@@H](OC)C3)c(F)cc2c1=O. The van der Waals surface area contributed by atoms with Gasteiger partial charge < -0.3 is 19.7 Å². The summed E-state index contributed by atoms with van der Waals surface area (Å²) in [5, 5.41) is 5.39. The number of anilines is 1. The quantitative estimate of drug-likeness (QED) is 0.569. The van der Waals surface area contributed by atoms with Crippen LogP contribution in [0.25, 0.3) is 16.2 Å². The molecule has 0 saturated carbocycles. The molecular weight excluding hydrogens is 425 g/mol. The Kier molecular flexibility index (Phi) is 5.99. The first kappa shape index (κ1) is 21.3. The Morgan fingerprint density at radius 3 is 2.84 bits per heavy atom. The fourth-order valence-electron chi connectivity index (χ4n) is 3.73. The monoisotopic (exact) mass is 447 g/mol. The summed E-state index contributed by atoms with van der Waals surface area (Å²) in [4.78, 5) is 35.8. The summed E-state index contributed by atoms with van der Waals surface area (Å²) in [5.41, 5.74) is -0.621. The van der Waals surface area contributed by atoms with E-state index in [9.17, 15) is 9.59 Å². The lowest BCUT2D eigenvalue weighted by Gasteiger charge is -2.19. The van der Waals surface area contributed by atoms with E-state index in [2.05, 4.69) is 15.3 Å². The van der Waals surface area contributed by atoms with Crippen molar-refractivity contribution >= 4 is 34.2 Å². The number of carbonyl (C=O) groups excluding carboxylic acids is 1. The minimum atomic E-state index is -0.775. The maximum absolute atomic E-state index is 15.1. The molecule has 0 amide bonds. The minimum Gasteiger partial charge on any atom is -0.462 e. The van der Waals surface area contributed by atoms with Crippen molar-refractivity contribution in [3.8, 4) is 5.13 Å². The summed E-state index contributed by atoms with van der Waals surface area (Å²) in [6, 6.07) is 1.13. The van der Waals surface area contributed by atoms with Gasteiger partial charge in [-0.3, -0.25) is 9.36 Å². The zero-order chi connectivity index (χ0) is 22.1. The van der Waals surface area contributed by atoms with Crippen LogP contribution in [0, 0.1) is 5.82 Å². The number of carbonyl (C=O) groups is 1. The lowest BCUT2D eigenvalue weighted by molar-refractivity contribution is 0.0524. The van der Waals surface area contributed by atoms with E-state index in [-0.39, 0.29) is 41.2 Å². The number of esters is 1. The Morgan fingerprint density at radius 2 is 2.23 bits per heavy atom. The van der Waals surface area contributed by atoms with E-state index < -0.39 is 17.2 Å². The lowest BCUT2D eigenvalue weighted by Crippen LogP contribution is -2.37. The van der Waals surface area contributed by atoms with Crippen LogP contribution in [0.4, 0.5) is 10.2 Å². The standard InChI is InChI=1S/C20H22FN5O4S/c1-4-30-19(28)12-8-26(20-23-5-6-31-20)17-11(16(12)27)7-13(21)18(24-17)25-9-14(22-2)15(10-25)29-3/h5-8,14-15,22H,4,9-10H2,1-3H3/t14-,15-/m0/s1. The van der Waals surface area contributed by atoms with Crippen LogP contribution in [-0.2, 0) is 9.47 Å². The predicted molar refractivity (Wildman–Crippen MR) is 115 cm³/mol. The first-order chi connectivity index (χ1) is 15.0. The van der Waals surface area contributed by atoms with Crippen LogP contribution in [-0.4, -0.2) is 66.5 Å². The fraction of sp³-hybridized carbons (Fsp3) is 0.400. The molecule has 1 N–H and O–H groups in total. The number of nitrogens with zero attached hydrogens (tertiary/aromatic N) is 4. The van der Waals surface area contributed by atoms with Crippen LogP contribution in [0.3, 0.4) is 0 Å². The second kappa shape index (κ2) is 8.69. The zero-order valence-corrected chi connectivity index (χ0v) is 18.1. The van der Waals surface area contributed by atoms with E-state index in [1.54, 1.807) is 30.5 Å². The predicted octanol–water partition coefficient (Wildman–Crippen LogP) is 1.58. The van der Waals surface area contributed by atoms with E-state index in [4.69, 9.17) is 9.47 Å². The third kappa shape index (κ3) is 3.80. The highest BCUT2D eigenvalue weighted by atomic mass is 32.1. The number of hydrogen-bond acceptors (Lipinski definition) is 9. The maximum Gasteiger partial charge on any atom is 0.343 e. The molecule has 4 rings (SSSR count). The van der Waals surface area contributed by atoms with Crippen molar-refractivity contribution in [1.82, 2.24) is 19.9 Å². The molecule has 164 valence electrons. The molecular formula is C20H22FN5O4S. The van der Waals surface area contributed by atoms with Crippen molar-refractivity contribution < 1.29 is 18.7 Å². The summed E-state index contributed by atoms with van der Waals surface area (Å²) in [7, 11) is 3.43. The average molecular weight is 447 g/mol. The van der Waals surface area contributed by atoms with Gasteiger partial charge in [0.15, 0.2) is 22.4 Å². The van der Waals surface area contributed by atoms with Gasteiger partial charge in [0.2, 0.25) is 5.43 Å². The van der Waals surface area contributed by atoms with E-state index in [1.165, 1.54) is 22.1 Å². The molecule has 11 heteroatoms. The third-order valence-electron chi connectivity index (χ3n) is 5.27. The number of fused-ring (bicyclic) bond motifs is 1. The Bertz CT molecular complexity index is 1150. The van der Waals surface area contributed by atoms with Crippen LogP contribution in [0.1, 0.15) is 17.3 Å². The summed E-state index contributed by atoms with van der Waals surface area (Å²) in [5.74, 6) is -1.31. The van der Waals surface area contributed by atoms with Gasteiger partial charge in [-0.1, -0.05) is 0 Å². The largest absolute Gasteiger partial charge is 0.462 e. The molecule has 0 spiro atoms. The molecule has 0 bridgehead atoms. The van der Waals surface area contributed by atoms with E-state index in [1.807, 2.05) is 7.05 Å². The van der Waals surface area contributed by atoms with Gasteiger partial charge in [-0.25, -0.2) is 19.2 Å². The molecule has 2 atom stereocenters. The maximum atomic E-state index is 15.1. The van der Waals surface area contributed by atoms with Gasteiger partial charge in [-0.15, -0.1) is 11.3 Å². The number of ether oxygens (including phenoxy) is 2. The molecule has 1 aliphatic rings. The van der Waals surface area contributed by atoms with Gasteiger partial charge in [0, 0.05) is 38.0 Å². The molecule has 9 nitrogen and oxygen atoms in total. The highest BCUT2D eigenvalue weighted by molar-refractivity contribution is 7.12. The molecule has 0 aliphatic carbocycles. The molecule has 0 radical (unpaired) electrons. The van der Waals surface area contributed by atoms with E-state index >= 15 is 4.39 Å². The number of rotatable bonds is 6. The number of likely N-dealkylation sites (N-methyl/N-ethyl adjacent to an activating group) is 1. The van der Waals surface area contributed by atoms with E-state index in [0.29, 0.717) is 18.2 Å². The number of aromatic nitrogens is 3. The van der Waals surface area contributed by atoms with Crippen molar-refractivity contribution in [2.75, 3.05) is 38.8 Å². The average Bonchev–Trinajstić information content (AvgIpc) is 3.44. The minimum absolute atomic E-state index is 0.00856. The molecule has 1 saturated heterocycles. The number of methoxy groups -OCH3 is 1. The van der Waals surface area contributed by atoms with Gasteiger partial charge in [0.25, 0.3) is 0 Å². The number of thiazole rings is 1. The van der Waals surface area contributed by atoms with Crippen molar-refractivity contribution in [3.63, 3.8) is 0 Å². The normalized spacial score (nSPS) is 18.6. The van der Waals surface area contributed by atoms with Gasteiger partial charge in [0.1, 0.15) is 5.56 Å². The highest BCUT2D eigenvalue weighted by Crippen LogP contribution is 2.27. The Morgan fingerprint density at radius 1 is 1.42 bits per heavy atom. The van der Waals surface area contributed by atoms with Crippen LogP contribution in [0.15, 0.2) is 28.6 Å². The number of halogens is 1. The van der Waals surface area contributed by atoms with Gasteiger partial charge in [-0.05, 0) is 20.0 Å². The van der Waals surface area contributed by atoms with Crippen LogP contribution in [0.5, 0.6) is 0 Å². The van der Waals surface area contributed by atoms with Gasteiger partial charge >= 0.3 is 5.97 Å². The lowest BCUT2D eigenvalue weighted by atomic mass is 10.2. The highest BCUT2D eigenvalue weighted by Gasteiger charge is 2.34. The Labute approximate surface area is 181 Å². The smallest absolute Gasteiger partial charge is 0.343 e. The second-order valence-corrected chi connectivity index (χ2v) is 7.89. The molecule has 1 aliphatic heterocycles. The summed E-state index contributed by atoms with van der Waals surface area (Å²) in [6.07, 6.45) is 2.82. The van der Waals surface area contributed by atoms with Crippen molar-refractivity contribution in [2.45, 2.75) is 19.1 Å². The van der Waals surface area contributed by atoms with Gasteiger partial charge in [0.05, 0.1) is 24.1 Å². The molecule has 3 aromatic rings. The summed E-state index contributed by atoms with van der Waals surface area (Å²) < 4.78 is 27.1. The molecule has 4 heterocycles.